The Hall–Kier alpha value is -3.92. The normalized spacial score (nSPS) is 14.7. The lowest BCUT2D eigenvalue weighted by Gasteiger charge is -2.44. The molecule has 4 heteroatoms. The Morgan fingerprint density at radius 3 is 1.13 bits per heavy atom. The molecule has 0 spiro atoms. The first-order valence-electron chi connectivity index (χ1n) is 9.94. The molecule has 5 rings (SSSR count). The first-order chi connectivity index (χ1) is 14.9. The van der Waals surface area contributed by atoms with E-state index in [1.165, 1.54) is 0 Å². The van der Waals surface area contributed by atoms with E-state index in [0.717, 1.165) is 22.3 Å². The van der Waals surface area contributed by atoms with Crippen molar-refractivity contribution >= 4 is 0 Å². The minimum atomic E-state index is -1.07. The fraction of sp³-hybridized carbons (Fsp3) is 0.0769. The summed E-state index contributed by atoms with van der Waals surface area (Å²) < 4.78 is 0. The van der Waals surface area contributed by atoms with Crippen LogP contribution in [0.25, 0.3) is 0 Å². The third kappa shape index (κ3) is 2.61. The maximum absolute atomic E-state index is 4.73. The second-order valence-electron chi connectivity index (χ2n) is 7.27. The molecule has 1 heterocycles. The van der Waals surface area contributed by atoms with Crippen molar-refractivity contribution in [2.24, 2.45) is 20.7 Å². The van der Waals surface area contributed by atoms with Crippen LogP contribution < -0.4 is 0 Å². The highest BCUT2D eigenvalue weighted by Crippen LogP contribution is 2.56. The van der Waals surface area contributed by atoms with Crippen LogP contribution in [0.2, 0.25) is 0 Å². The Balaban J connectivity index is 1.97. The summed E-state index contributed by atoms with van der Waals surface area (Å²) >= 11 is 0. The highest BCUT2D eigenvalue weighted by atomic mass is 15.6. The molecule has 0 saturated carbocycles. The van der Waals surface area contributed by atoms with Gasteiger partial charge in [0.1, 0.15) is 0 Å². The number of nitrogens with zero attached hydrogens (tertiary/aromatic N) is 4. The summed E-state index contributed by atoms with van der Waals surface area (Å²) in [5.41, 5.74) is 2.33. The Labute approximate surface area is 175 Å². The standard InChI is InChI=1S/C26H20N4/c1-5-13-21(14-6-1)25(22-15-7-2-8-16-22,23-17-9-3-10-18-23)26(27-29-30-28-26)24-19-11-4-12-20-24/h1-20H. The van der Waals surface area contributed by atoms with Crippen molar-refractivity contribution in [1.29, 1.82) is 0 Å². The summed E-state index contributed by atoms with van der Waals surface area (Å²) in [7, 11) is 0. The molecule has 4 nitrogen and oxygen atoms in total. The van der Waals surface area contributed by atoms with Gasteiger partial charge in [-0.15, -0.1) is 10.2 Å². The maximum atomic E-state index is 4.73. The third-order valence-corrected chi connectivity index (χ3v) is 5.74. The van der Waals surface area contributed by atoms with Crippen molar-refractivity contribution in [3.63, 3.8) is 0 Å². The van der Waals surface area contributed by atoms with Crippen molar-refractivity contribution in [1.82, 2.24) is 0 Å². The van der Waals surface area contributed by atoms with E-state index in [4.69, 9.17) is 10.2 Å². The molecule has 4 aromatic rings. The highest BCUT2D eigenvalue weighted by molar-refractivity contribution is 5.57. The molecule has 0 N–H and O–H groups in total. The van der Waals surface area contributed by atoms with Crippen LogP contribution in [0.5, 0.6) is 0 Å². The number of benzene rings is 4. The van der Waals surface area contributed by atoms with E-state index < -0.39 is 11.1 Å². The summed E-state index contributed by atoms with van der Waals surface area (Å²) in [6.07, 6.45) is 0. The van der Waals surface area contributed by atoms with Gasteiger partial charge in [-0.1, -0.05) is 121 Å². The van der Waals surface area contributed by atoms with E-state index in [2.05, 4.69) is 83.2 Å². The van der Waals surface area contributed by atoms with Crippen molar-refractivity contribution in [3.05, 3.63) is 144 Å². The Morgan fingerprint density at radius 2 is 0.767 bits per heavy atom. The Morgan fingerprint density at radius 1 is 0.433 bits per heavy atom. The molecule has 0 aromatic heterocycles. The molecule has 144 valence electrons. The zero-order valence-corrected chi connectivity index (χ0v) is 16.3. The first-order valence-corrected chi connectivity index (χ1v) is 9.94. The van der Waals surface area contributed by atoms with Crippen LogP contribution in [-0.2, 0) is 11.1 Å². The third-order valence-electron chi connectivity index (χ3n) is 5.74. The molecule has 1 aliphatic heterocycles. The van der Waals surface area contributed by atoms with E-state index >= 15 is 0 Å². The van der Waals surface area contributed by atoms with Gasteiger partial charge < -0.3 is 0 Å². The number of hydrogen-bond acceptors (Lipinski definition) is 4. The van der Waals surface area contributed by atoms with E-state index in [1.807, 2.05) is 48.5 Å². The van der Waals surface area contributed by atoms with E-state index in [-0.39, 0.29) is 0 Å². The van der Waals surface area contributed by atoms with Gasteiger partial charge in [0.15, 0.2) is 0 Å². The second-order valence-corrected chi connectivity index (χ2v) is 7.27. The molecule has 0 aliphatic carbocycles. The van der Waals surface area contributed by atoms with Gasteiger partial charge in [0, 0.05) is 5.56 Å². The zero-order chi connectivity index (χ0) is 20.3. The number of rotatable bonds is 5. The van der Waals surface area contributed by atoms with E-state index in [9.17, 15) is 0 Å². The van der Waals surface area contributed by atoms with E-state index in [1.54, 1.807) is 0 Å². The minimum Gasteiger partial charge on any atom is -0.128 e. The predicted octanol–water partition coefficient (Wildman–Crippen LogP) is 6.71. The van der Waals surface area contributed by atoms with Gasteiger partial charge in [-0.25, -0.2) is 0 Å². The van der Waals surface area contributed by atoms with Gasteiger partial charge in [-0.2, -0.15) is 0 Å². The molecule has 4 aromatic carbocycles. The first kappa shape index (κ1) is 18.1. The number of hydrogen-bond donors (Lipinski definition) is 0. The van der Waals surface area contributed by atoms with Crippen LogP contribution in [0.15, 0.2) is 142 Å². The zero-order valence-electron chi connectivity index (χ0n) is 16.3. The van der Waals surface area contributed by atoms with Gasteiger partial charge >= 0.3 is 0 Å². The van der Waals surface area contributed by atoms with Gasteiger partial charge in [0.2, 0.25) is 5.66 Å². The SMILES string of the molecule is c1ccc(C2(C(c3ccccc3)(c3ccccc3)c3ccccc3)N=NN=N2)cc1. The fourth-order valence-corrected chi connectivity index (χ4v) is 4.51. The quantitative estimate of drug-likeness (QED) is 0.341. The lowest BCUT2D eigenvalue weighted by atomic mass is 9.60. The molecule has 1 aliphatic rings. The van der Waals surface area contributed by atoms with E-state index in [0.29, 0.717) is 0 Å². The summed E-state index contributed by atoms with van der Waals surface area (Å²) in [6, 6.07) is 41.3. The summed E-state index contributed by atoms with van der Waals surface area (Å²) in [6.45, 7) is 0. The van der Waals surface area contributed by atoms with Crippen molar-refractivity contribution in [2.45, 2.75) is 11.1 Å². The fourth-order valence-electron chi connectivity index (χ4n) is 4.51. The molecule has 0 amide bonds. The lowest BCUT2D eigenvalue weighted by Crippen LogP contribution is -2.48. The Kier molecular flexibility index (Phi) is 4.52. The van der Waals surface area contributed by atoms with Gasteiger partial charge in [-0.3, -0.25) is 0 Å². The average molecular weight is 388 g/mol. The van der Waals surface area contributed by atoms with Crippen LogP contribution in [0, 0.1) is 0 Å². The monoisotopic (exact) mass is 388 g/mol. The molecule has 0 atom stereocenters. The van der Waals surface area contributed by atoms with Gasteiger partial charge in [0.25, 0.3) is 0 Å². The second kappa shape index (κ2) is 7.48. The van der Waals surface area contributed by atoms with Crippen LogP contribution >= 0.6 is 0 Å². The van der Waals surface area contributed by atoms with Crippen LogP contribution in [0.4, 0.5) is 0 Å². The lowest BCUT2D eigenvalue weighted by molar-refractivity contribution is 0.318. The molecular formula is C26H20N4. The molecule has 0 saturated heterocycles. The summed E-state index contributed by atoms with van der Waals surface area (Å²) in [5.74, 6) is 0. The molecule has 0 unspecified atom stereocenters. The van der Waals surface area contributed by atoms with Crippen LogP contribution in [0.1, 0.15) is 22.3 Å². The molecule has 0 bridgehead atoms. The smallest absolute Gasteiger partial charge is 0.128 e. The van der Waals surface area contributed by atoms with Crippen LogP contribution in [-0.4, -0.2) is 0 Å². The van der Waals surface area contributed by atoms with Crippen LogP contribution in [0.3, 0.4) is 0 Å². The molecular weight excluding hydrogens is 368 g/mol. The Bertz CT molecular complexity index is 1060. The topological polar surface area (TPSA) is 49.4 Å². The molecule has 0 fully saturated rings. The van der Waals surface area contributed by atoms with Crippen molar-refractivity contribution < 1.29 is 0 Å². The summed E-state index contributed by atoms with van der Waals surface area (Å²) in [4.78, 5) is 0. The maximum Gasteiger partial charge on any atom is 0.237 e. The predicted molar refractivity (Wildman–Crippen MR) is 117 cm³/mol. The average Bonchev–Trinajstić information content (AvgIpc) is 3.34. The van der Waals surface area contributed by atoms with Gasteiger partial charge in [0.05, 0.1) is 5.41 Å². The molecule has 0 radical (unpaired) electrons. The largest absolute Gasteiger partial charge is 0.237 e. The molecule has 30 heavy (non-hydrogen) atoms. The minimum absolute atomic E-state index is 0.762. The highest BCUT2D eigenvalue weighted by Gasteiger charge is 2.59. The van der Waals surface area contributed by atoms with Crippen molar-refractivity contribution in [2.75, 3.05) is 0 Å². The summed E-state index contributed by atoms with van der Waals surface area (Å²) in [5, 5.41) is 17.5. The van der Waals surface area contributed by atoms with Crippen molar-refractivity contribution in [3.8, 4) is 0 Å². The van der Waals surface area contributed by atoms with Gasteiger partial charge in [-0.05, 0) is 27.1 Å².